The van der Waals surface area contributed by atoms with E-state index in [0.717, 1.165) is 49.4 Å². The van der Waals surface area contributed by atoms with Gasteiger partial charge in [-0.1, -0.05) is 161 Å². The zero-order valence-electron chi connectivity index (χ0n) is 32.4. The van der Waals surface area contributed by atoms with Crippen LogP contribution in [0.25, 0.3) is 0 Å². The van der Waals surface area contributed by atoms with E-state index in [1.165, 1.54) is 62.5 Å². The minimum Gasteiger partial charge on any atom is -0.348 e. The third-order valence-electron chi connectivity index (χ3n) is 9.81. The Bertz CT molecular complexity index is 965. The number of rotatable bonds is 28. The lowest BCUT2D eigenvalue weighted by molar-refractivity contribution is -0.257. The van der Waals surface area contributed by atoms with Crippen LogP contribution >= 0.6 is 31.9 Å². The molecule has 0 saturated carbocycles. The van der Waals surface area contributed by atoms with Crippen molar-refractivity contribution < 1.29 is 14.2 Å². The van der Waals surface area contributed by atoms with Crippen LogP contribution in [-0.2, 0) is 27.4 Å². The lowest BCUT2D eigenvalue weighted by Crippen LogP contribution is -2.27. The molecular weight excluding hydrogens is 736 g/mol. The molecule has 0 bridgehead atoms. The van der Waals surface area contributed by atoms with E-state index in [2.05, 4.69) is 148 Å². The fourth-order valence-corrected chi connectivity index (χ4v) is 9.10. The Morgan fingerprint density at radius 3 is 1.10 bits per heavy atom. The van der Waals surface area contributed by atoms with Crippen molar-refractivity contribution in [3.63, 3.8) is 0 Å². The highest BCUT2D eigenvalue weighted by Crippen LogP contribution is 2.29. The van der Waals surface area contributed by atoms with Crippen LogP contribution in [0.15, 0.2) is 60.7 Å². The van der Waals surface area contributed by atoms with Crippen LogP contribution in [0.5, 0.6) is 0 Å². The van der Waals surface area contributed by atoms with E-state index in [0.29, 0.717) is 34.7 Å². The van der Waals surface area contributed by atoms with Crippen LogP contribution in [0.4, 0.5) is 0 Å². The molecule has 0 aromatic heterocycles. The highest BCUT2D eigenvalue weighted by atomic mass is 79.9. The molecule has 0 aliphatic heterocycles. The molecule has 0 fully saturated rings. The van der Waals surface area contributed by atoms with Gasteiger partial charge in [0, 0.05) is 9.65 Å². The van der Waals surface area contributed by atoms with Crippen LogP contribution in [-0.4, -0.2) is 22.2 Å². The normalized spacial score (nSPS) is 18.2. The van der Waals surface area contributed by atoms with Crippen LogP contribution in [0.2, 0.25) is 0 Å². The number of hydrogen-bond donors (Lipinski definition) is 0. The first kappa shape index (κ1) is 44.4. The van der Waals surface area contributed by atoms with Crippen LogP contribution in [0.3, 0.4) is 0 Å². The van der Waals surface area contributed by atoms with Crippen molar-refractivity contribution in [1.82, 2.24) is 0 Å². The summed E-state index contributed by atoms with van der Waals surface area (Å²) in [5.74, 6) is 4.41. The Labute approximate surface area is 319 Å². The molecular formula is C44H72Br2O3. The topological polar surface area (TPSA) is 27.7 Å². The Kier molecular flexibility index (Phi) is 23.7. The summed E-state index contributed by atoms with van der Waals surface area (Å²) in [5.41, 5.74) is 2.35. The third kappa shape index (κ3) is 22.7. The smallest absolute Gasteiger partial charge is 0.161 e. The molecule has 0 aliphatic carbocycles. The molecule has 0 heterocycles. The maximum Gasteiger partial charge on any atom is 0.161 e. The standard InChI is InChI=1S/C44H72Br2O3/c1-33(25-35(3)27-37(5)29-39(7)45)17-15-23-43(47-31-41-19-11-9-12-20-41)49-44(48-32-42-21-13-10-14-22-42)24-16-18-34(2)26-36(4)28-38(6)30-40(8)46/h9-14,19-22,33-40,43-44H,15-18,23-32H2,1-8H3. The van der Waals surface area contributed by atoms with Crippen molar-refractivity contribution in [3.8, 4) is 0 Å². The van der Waals surface area contributed by atoms with Crippen molar-refractivity contribution >= 4 is 31.9 Å². The van der Waals surface area contributed by atoms with Gasteiger partial charge in [-0.2, -0.15) is 0 Å². The highest BCUT2D eigenvalue weighted by Gasteiger charge is 2.21. The number of halogens is 2. The first-order valence-electron chi connectivity index (χ1n) is 19.6. The fraction of sp³-hybridized carbons (Fsp3) is 0.727. The first-order valence-corrected chi connectivity index (χ1v) is 21.5. The van der Waals surface area contributed by atoms with Crippen molar-refractivity contribution in [3.05, 3.63) is 71.8 Å². The Hall–Kier alpha value is -0.720. The Morgan fingerprint density at radius 1 is 0.429 bits per heavy atom. The van der Waals surface area contributed by atoms with Gasteiger partial charge in [0.05, 0.1) is 13.2 Å². The van der Waals surface area contributed by atoms with Gasteiger partial charge in [0.15, 0.2) is 12.6 Å². The van der Waals surface area contributed by atoms with Crippen molar-refractivity contribution in [2.24, 2.45) is 35.5 Å². The lowest BCUT2D eigenvalue weighted by Gasteiger charge is -2.27. The number of benzene rings is 2. The predicted molar refractivity (Wildman–Crippen MR) is 218 cm³/mol. The van der Waals surface area contributed by atoms with Gasteiger partial charge in [-0.15, -0.1) is 0 Å². The molecule has 0 radical (unpaired) electrons. The summed E-state index contributed by atoms with van der Waals surface area (Å²) in [4.78, 5) is 1.19. The largest absolute Gasteiger partial charge is 0.348 e. The Balaban J connectivity index is 1.98. The minimum atomic E-state index is -0.290. The van der Waals surface area contributed by atoms with Crippen molar-refractivity contribution in [2.45, 2.75) is 168 Å². The van der Waals surface area contributed by atoms with Gasteiger partial charge >= 0.3 is 0 Å². The molecule has 0 amide bonds. The number of hydrogen-bond acceptors (Lipinski definition) is 3. The van der Waals surface area contributed by atoms with Crippen molar-refractivity contribution in [2.75, 3.05) is 0 Å². The quantitative estimate of drug-likeness (QED) is 0.0633. The summed E-state index contributed by atoms with van der Waals surface area (Å²) < 4.78 is 19.7. The SMILES string of the molecule is CC(Br)CC(C)CC(C)CC(C)CCCC(OCc1ccccc1)OC(CCCC(C)CC(C)CC(C)CC(C)Br)OCc1ccccc1. The van der Waals surface area contributed by atoms with Gasteiger partial charge in [-0.05, 0) is 111 Å². The Morgan fingerprint density at radius 2 is 0.755 bits per heavy atom. The van der Waals surface area contributed by atoms with Crippen LogP contribution < -0.4 is 0 Å². The van der Waals surface area contributed by atoms with Crippen LogP contribution in [0.1, 0.15) is 144 Å². The summed E-state index contributed by atoms with van der Waals surface area (Å²) in [5, 5.41) is 0. The summed E-state index contributed by atoms with van der Waals surface area (Å²) in [6, 6.07) is 20.9. The van der Waals surface area contributed by atoms with Gasteiger partial charge in [0.25, 0.3) is 0 Å². The molecule has 2 aromatic carbocycles. The van der Waals surface area contributed by atoms with E-state index in [-0.39, 0.29) is 12.6 Å². The van der Waals surface area contributed by atoms with E-state index in [1.807, 2.05) is 0 Å². The zero-order chi connectivity index (χ0) is 36.0. The van der Waals surface area contributed by atoms with E-state index >= 15 is 0 Å². The number of alkyl halides is 2. The summed E-state index contributed by atoms with van der Waals surface area (Å²) in [6.07, 6.45) is 13.4. The summed E-state index contributed by atoms with van der Waals surface area (Å²) in [7, 11) is 0. The molecule has 10 unspecified atom stereocenters. The summed E-state index contributed by atoms with van der Waals surface area (Å²) >= 11 is 7.47. The van der Waals surface area contributed by atoms with Gasteiger partial charge in [-0.25, -0.2) is 0 Å². The zero-order valence-corrected chi connectivity index (χ0v) is 35.6. The molecule has 0 aliphatic rings. The second kappa shape index (κ2) is 26.1. The molecule has 49 heavy (non-hydrogen) atoms. The molecule has 0 saturated heterocycles. The maximum atomic E-state index is 6.75. The van der Waals surface area contributed by atoms with E-state index in [4.69, 9.17) is 14.2 Å². The number of ether oxygens (including phenoxy) is 3. The van der Waals surface area contributed by atoms with Crippen molar-refractivity contribution in [1.29, 1.82) is 0 Å². The highest BCUT2D eigenvalue weighted by molar-refractivity contribution is 9.09. The summed E-state index contributed by atoms with van der Waals surface area (Å²) in [6.45, 7) is 20.1. The minimum absolute atomic E-state index is 0.290. The molecule has 0 spiro atoms. The monoisotopic (exact) mass is 806 g/mol. The predicted octanol–water partition coefficient (Wildman–Crippen LogP) is 14.2. The second-order valence-electron chi connectivity index (χ2n) is 16.1. The maximum absolute atomic E-state index is 6.75. The van der Waals surface area contributed by atoms with E-state index in [9.17, 15) is 0 Å². The van der Waals surface area contributed by atoms with Gasteiger partial charge in [-0.3, -0.25) is 0 Å². The molecule has 280 valence electrons. The van der Waals surface area contributed by atoms with Gasteiger partial charge in [0.1, 0.15) is 0 Å². The fourth-order valence-electron chi connectivity index (χ4n) is 7.82. The van der Waals surface area contributed by atoms with Gasteiger partial charge in [0.2, 0.25) is 0 Å². The van der Waals surface area contributed by atoms with E-state index in [1.54, 1.807) is 0 Å². The van der Waals surface area contributed by atoms with E-state index < -0.39 is 0 Å². The molecule has 5 heteroatoms. The molecule has 2 rings (SSSR count). The molecule has 10 atom stereocenters. The first-order chi connectivity index (χ1) is 23.4. The molecule has 2 aromatic rings. The second-order valence-corrected chi connectivity index (χ2v) is 19.2. The third-order valence-corrected chi connectivity index (χ3v) is 10.6. The molecule has 0 N–H and O–H groups in total. The average Bonchev–Trinajstić information content (AvgIpc) is 3.02. The molecule has 3 nitrogen and oxygen atoms in total. The van der Waals surface area contributed by atoms with Crippen LogP contribution in [0, 0.1) is 35.5 Å². The lowest BCUT2D eigenvalue weighted by atomic mass is 9.86. The average molecular weight is 809 g/mol. The van der Waals surface area contributed by atoms with Gasteiger partial charge < -0.3 is 14.2 Å².